The van der Waals surface area contributed by atoms with Gasteiger partial charge in [-0.1, -0.05) is 154 Å². The monoisotopic (exact) mass is 717 g/mol. The van der Waals surface area contributed by atoms with Crippen LogP contribution in [0.3, 0.4) is 0 Å². The van der Waals surface area contributed by atoms with E-state index in [1.54, 1.807) is 0 Å². The number of phosphoric ester groups is 1. The summed E-state index contributed by atoms with van der Waals surface area (Å²) >= 11 is 0. The maximum absolute atomic E-state index is 12.5. The average Bonchev–Trinajstić information content (AvgIpc) is 3.08. The Morgan fingerprint density at radius 2 is 1.00 bits per heavy atom. The molecule has 0 heterocycles. The highest BCUT2D eigenvalue weighted by molar-refractivity contribution is 7.45. The maximum Gasteiger partial charge on any atom is 0.306 e. The Morgan fingerprint density at radius 1 is 0.592 bits per heavy atom. The molecule has 0 aromatic heterocycles. The Hall–Kier alpha value is -1.25. The minimum absolute atomic E-state index is 0.0146. The van der Waals surface area contributed by atoms with Crippen molar-refractivity contribution in [3.05, 3.63) is 12.2 Å². The lowest BCUT2D eigenvalue weighted by molar-refractivity contribution is -0.228. The molecule has 0 aliphatic heterocycles. The number of allylic oxidation sites excluding steroid dienone is 2. The molecule has 0 rings (SSSR count). The molecule has 0 bridgehead atoms. The van der Waals surface area contributed by atoms with Crippen molar-refractivity contribution < 1.29 is 37.6 Å². The van der Waals surface area contributed by atoms with Gasteiger partial charge in [-0.3, -0.25) is 14.2 Å². The fraction of sp³-hybridized carbons (Fsp3) is 0.897. The summed E-state index contributed by atoms with van der Waals surface area (Å²) in [5, 5.41) is 0. The second kappa shape index (κ2) is 36.5. The van der Waals surface area contributed by atoms with Crippen LogP contribution in [0.2, 0.25) is 0 Å². The largest absolute Gasteiger partial charge is 0.756 e. The highest BCUT2D eigenvalue weighted by Gasteiger charge is 2.21. The molecule has 9 nitrogen and oxygen atoms in total. The molecule has 2 atom stereocenters. The molecule has 0 aliphatic carbocycles. The van der Waals surface area contributed by atoms with Crippen molar-refractivity contribution in [3.8, 4) is 0 Å². The molecule has 0 aliphatic rings. The summed E-state index contributed by atoms with van der Waals surface area (Å²) in [5.74, 6) is -0.867. The number of phosphoric acid groups is 1. The van der Waals surface area contributed by atoms with Crippen LogP contribution in [0, 0.1) is 0 Å². The number of rotatable bonds is 38. The van der Waals surface area contributed by atoms with E-state index in [9.17, 15) is 19.0 Å². The third-order valence-corrected chi connectivity index (χ3v) is 9.61. The molecule has 0 fully saturated rings. The molecule has 0 saturated carbocycles. The Labute approximate surface area is 300 Å². The van der Waals surface area contributed by atoms with Crippen molar-refractivity contribution in [1.29, 1.82) is 0 Å². The van der Waals surface area contributed by atoms with Crippen LogP contribution in [0.4, 0.5) is 0 Å². The lowest BCUT2D eigenvalue weighted by Gasteiger charge is -2.25. The SMILES string of the molecule is CCCCCCCC/C=C\CCCCCCCC(=O)O[C@H](COC(=O)CCCCCCCCCCCCCCC)COP(=O)([O-])OCCN. The summed E-state index contributed by atoms with van der Waals surface area (Å²) < 4.78 is 32.3. The van der Waals surface area contributed by atoms with Crippen molar-refractivity contribution in [2.75, 3.05) is 26.4 Å². The molecule has 0 saturated heterocycles. The average molecular weight is 717 g/mol. The van der Waals surface area contributed by atoms with E-state index in [1.165, 1.54) is 109 Å². The number of unbranched alkanes of at least 4 members (excludes halogenated alkanes) is 23. The maximum atomic E-state index is 12.5. The molecule has 1 unspecified atom stereocenters. The normalized spacial score (nSPS) is 13.5. The summed E-state index contributed by atoms with van der Waals surface area (Å²) in [7, 11) is -4.62. The van der Waals surface area contributed by atoms with Crippen LogP contribution in [0.5, 0.6) is 0 Å². The number of esters is 2. The molecule has 10 heteroatoms. The number of hydrogen-bond acceptors (Lipinski definition) is 9. The summed E-state index contributed by atoms with van der Waals surface area (Å²) in [4.78, 5) is 36.8. The summed E-state index contributed by atoms with van der Waals surface area (Å²) in [5.41, 5.74) is 5.31. The smallest absolute Gasteiger partial charge is 0.306 e. The summed E-state index contributed by atoms with van der Waals surface area (Å²) in [6.07, 6.45) is 35.0. The first-order chi connectivity index (χ1) is 23.8. The molecule has 0 amide bonds. The van der Waals surface area contributed by atoms with Crippen LogP contribution in [0.1, 0.15) is 194 Å². The summed E-state index contributed by atoms with van der Waals surface area (Å²) in [6.45, 7) is 3.53. The van der Waals surface area contributed by atoms with Crippen LogP contribution >= 0.6 is 7.82 Å². The van der Waals surface area contributed by atoms with E-state index in [0.29, 0.717) is 6.42 Å². The van der Waals surface area contributed by atoms with E-state index in [0.717, 1.165) is 51.4 Å². The first-order valence-corrected chi connectivity index (χ1v) is 21.6. The summed E-state index contributed by atoms with van der Waals surface area (Å²) in [6, 6.07) is 0. The number of hydrogen-bond donors (Lipinski definition) is 1. The molecule has 2 N–H and O–H groups in total. The van der Waals surface area contributed by atoms with Crippen LogP contribution in [0.15, 0.2) is 12.2 Å². The third-order valence-electron chi connectivity index (χ3n) is 8.64. The van der Waals surface area contributed by atoms with E-state index in [4.69, 9.17) is 19.7 Å². The van der Waals surface area contributed by atoms with Crippen LogP contribution in [-0.2, 0) is 32.7 Å². The molecule has 290 valence electrons. The van der Waals surface area contributed by atoms with Gasteiger partial charge >= 0.3 is 11.9 Å². The molecular weight excluding hydrogens is 641 g/mol. The first-order valence-electron chi connectivity index (χ1n) is 20.1. The van der Waals surface area contributed by atoms with Crippen molar-refractivity contribution in [1.82, 2.24) is 0 Å². The molecule has 0 aromatic rings. The van der Waals surface area contributed by atoms with Gasteiger partial charge in [0.25, 0.3) is 7.82 Å². The van der Waals surface area contributed by atoms with Gasteiger partial charge in [-0.15, -0.1) is 0 Å². The van der Waals surface area contributed by atoms with Crippen molar-refractivity contribution in [2.24, 2.45) is 5.73 Å². The van der Waals surface area contributed by atoms with Crippen molar-refractivity contribution in [2.45, 2.75) is 200 Å². The quantitative estimate of drug-likeness (QED) is 0.0286. The van der Waals surface area contributed by atoms with Crippen LogP contribution < -0.4 is 10.6 Å². The minimum Gasteiger partial charge on any atom is -0.756 e. The van der Waals surface area contributed by atoms with Crippen molar-refractivity contribution in [3.63, 3.8) is 0 Å². The third kappa shape index (κ3) is 36.3. The molecule has 0 aromatic carbocycles. The Bertz CT molecular complexity index is 825. The molecule has 0 spiro atoms. The molecule has 0 radical (unpaired) electrons. The zero-order chi connectivity index (χ0) is 36.1. The van der Waals surface area contributed by atoms with Gasteiger partial charge in [0.15, 0.2) is 6.10 Å². The van der Waals surface area contributed by atoms with Gasteiger partial charge in [-0.2, -0.15) is 0 Å². The van der Waals surface area contributed by atoms with E-state index in [2.05, 4.69) is 30.5 Å². The van der Waals surface area contributed by atoms with Gasteiger partial charge in [-0.05, 0) is 38.5 Å². The van der Waals surface area contributed by atoms with Crippen LogP contribution in [-0.4, -0.2) is 44.4 Å². The predicted molar refractivity (Wildman–Crippen MR) is 199 cm³/mol. The van der Waals surface area contributed by atoms with E-state index in [1.807, 2.05) is 0 Å². The number of carbonyl (C=O) groups excluding carboxylic acids is 2. The molecular formula is C39H75NO8P-. The zero-order valence-electron chi connectivity index (χ0n) is 31.7. The lowest BCUT2D eigenvalue weighted by Crippen LogP contribution is -2.30. The fourth-order valence-corrected chi connectivity index (χ4v) is 6.37. The highest BCUT2D eigenvalue weighted by atomic mass is 31.2. The van der Waals surface area contributed by atoms with Gasteiger partial charge in [0.2, 0.25) is 0 Å². The topological polar surface area (TPSA) is 137 Å². The Kier molecular flexibility index (Phi) is 35.6. The minimum atomic E-state index is -4.62. The van der Waals surface area contributed by atoms with Gasteiger partial charge in [0.1, 0.15) is 6.61 Å². The number of nitrogens with two attached hydrogens (primary N) is 1. The van der Waals surface area contributed by atoms with Gasteiger partial charge < -0.3 is 29.1 Å². The lowest BCUT2D eigenvalue weighted by atomic mass is 10.0. The number of carbonyl (C=O) groups is 2. The predicted octanol–water partition coefficient (Wildman–Crippen LogP) is 10.4. The highest BCUT2D eigenvalue weighted by Crippen LogP contribution is 2.38. The Morgan fingerprint density at radius 3 is 1.45 bits per heavy atom. The second-order valence-electron chi connectivity index (χ2n) is 13.5. The van der Waals surface area contributed by atoms with E-state index < -0.39 is 32.5 Å². The second-order valence-corrected chi connectivity index (χ2v) is 14.9. The molecule has 49 heavy (non-hydrogen) atoms. The van der Waals surface area contributed by atoms with Gasteiger partial charge in [0, 0.05) is 19.4 Å². The standard InChI is InChI=1S/C39H76NO8P/c1-3-5-7-9-11-13-15-17-18-20-22-24-26-28-30-32-39(42)48-37(36-47-49(43,44)46-34-33-40)35-45-38(41)31-29-27-25-23-21-19-16-14-12-10-8-6-4-2/h17-18,37H,3-16,19-36,40H2,1-2H3,(H,43,44)/p-1/b18-17-/t37-/m1/s1. The van der Waals surface area contributed by atoms with Crippen molar-refractivity contribution >= 4 is 19.8 Å². The van der Waals surface area contributed by atoms with Crippen LogP contribution in [0.25, 0.3) is 0 Å². The number of ether oxygens (including phenoxy) is 2. The Balaban J connectivity index is 4.19. The first kappa shape index (κ1) is 47.8. The fourth-order valence-electron chi connectivity index (χ4n) is 5.62. The van der Waals surface area contributed by atoms with E-state index in [-0.39, 0.29) is 32.6 Å². The van der Waals surface area contributed by atoms with Gasteiger partial charge in [-0.25, -0.2) is 0 Å². The van der Waals surface area contributed by atoms with E-state index >= 15 is 0 Å². The zero-order valence-corrected chi connectivity index (χ0v) is 32.5. The van der Waals surface area contributed by atoms with Gasteiger partial charge in [0.05, 0.1) is 13.2 Å².